The zero-order valence-electron chi connectivity index (χ0n) is 13.4. The van der Waals surface area contributed by atoms with Crippen molar-refractivity contribution in [2.45, 2.75) is 51.6 Å². The second kappa shape index (κ2) is 6.60. The van der Waals surface area contributed by atoms with E-state index < -0.39 is 5.60 Å². The van der Waals surface area contributed by atoms with Crippen LogP contribution in [0.4, 0.5) is 0 Å². The molecule has 5 heteroatoms. The molecule has 5 nitrogen and oxygen atoms in total. The minimum atomic E-state index is -0.950. The van der Waals surface area contributed by atoms with E-state index in [2.05, 4.69) is 23.8 Å². The van der Waals surface area contributed by atoms with Crippen molar-refractivity contribution in [2.75, 3.05) is 14.2 Å². The fourth-order valence-corrected chi connectivity index (χ4v) is 3.17. The highest BCUT2D eigenvalue weighted by atomic mass is 16.5. The lowest BCUT2D eigenvalue weighted by Gasteiger charge is -2.27. The van der Waals surface area contributed by atoms with Gasteiger partial charge in [0.2, 0.25) is 11.8 Å². The van der Waals surface area contributed by atoms with Crippen LogP contribution in [-0.4, -0.2) is 29.3 Å². The summed E-state index contributed by atoms with van der Waals surface area (Å²) in [6.07, 6.45) is 6.11. The van der Waals surface area contributed by atoms with Crippen LogP contribution < -0.4 is 9.47 Å². The van der Waals surface area contributed by atoms with Gasteiger partial charge < -0.3 is 14.6 Å². The van der Waals surface area contributed by atoms with Crippen LogP contribution in [0.2, 0.25) is 0 Å². The van der Waals surface area contributed by atoms with E-state index in [1.54, 1.807) is 13.3 Å². The van der Waals surface area contributed by atoms with Gasteiger partial charge in [0.25, 0.3) is 0 Å². The van der Waals surface area contributed by atoms with Gasteiger partial charge in [-0.2, -0.15) is 4.98 Å². The first-order chi connectivity index (χ1) is 10.00. The molecule has 2 unspecified atom stereocenters. The first-order valence-electron chi connectivity index (χ1n) is 7.68. The molecule has 1 aliphatic rings. The molecule has 1 saturated carbocycles. The SMILES string of the molecule is COc1cnc(C2(O)CCCC(C(C)C)CC2)c(OC)n1. The molecule has 0 saturated heterocycles. The first-order valence-corrected chi connectivity index (χ1v) is 7.68. The third-order valence-electron chi connectivity index (χ3n) is 4.60. The molecule has 1 aliphatic carbocycles. The molecule has 21 heavy (non-hydrogen) atoms. The highest BCUT2D eigenvalue weighted by Crippen LogP contribution is 2.41. The Kier molecular flexibility index (Phi) is 5.04. The molecule has 1 heterocycles. The third-order valence-corrected chi connectivity index (χ3v) is 4.60. The zero-order valence-corrected chi connectivity index (χ0v) is 13.4. The van der Waals surface area contributed by atoms with Crippen molar-refractivity contribution in [1.29, 1.82) is 0 Å². The zero-order chi connectivity index (χ0) is 15.5. The van der Waals surface area contributed by atoms with Gasteiger partial charge in [-0.05, 0) is 37.5 Å². The Morgan fingerprint density at radius 2 is 2.00 bits per heavy atom. The highest BCUT2D eigenvalue weighted by Gasteiger charge is 2.37. The summed E-state index contributed by atoms with van der Waals surface area (Å²) < 4.78 is 10.4. The van der Waals surface area contributed by atoms with Crippen molar-refractivity contribution in [3.8, 4) is 11.8 Å². The van der Waals surface area contributed by atoms with Crippen LogP contribution in [-0.2, 0) is 5.60 Å². The van der Waals surface area contributed by atoms with Crippen molar-refractivity contribution in [1.82, 2.24) is 9.97 Å². The van der Waals surface area contributed by atoms with E-state index in [1.165, 1.54) is 7.11 Å². The Labute approximate surface area is 126 Å². The van der Waals surface area contributed by atoms with E-state index in [1.807, 2.05) is 0 Å². The van der Waals surface area contributed by atoms with E-state index >= 15 is 0 Å². The number of ether oxygens (including phenoxy) is 2. The summed E-state index contributed by atoms with van der Waals surface area (Å²) in [5, 5.41) is 11.1. The topological polar surface area (TPSA) is 64.5 Å². The fraction of sp³-hybridized carbons (Fsp3) is 0.750. The minimum absolute atomic E-state index is 0.361. The molecule has 0 aliphatic heterocycles. The van der Waals surface area contributed by atoms with Gasteiger partial charge in [-0.3, -0.25) is 0 Å². The molecule has 1 aromatic rings. The predicted octanol–water partition coefficient (Wildman–Crippen LogP) is 2.92. The second-order valence-electron chi connectivity index (χ2n) is 6.24. The molecular formula is C16H26N2O3. The molecule has 1 aromatic heterocycles. The van der Waals surface area contributed by atoms with Crippen LogP contribution in [0.5, 0.6) is 11.8 Å². The van der Waals surface area contributed by atoms with Crippen LogP contribution in [0.15, 0.2) is 6.20 Å². The smallest absolute Gasteiger partial charge is 0.241 e. The summed E-state index contributed by atoms with van der Waals surface area (Å²) in [7, 11) is 3.08. The molecule has 0 bridgehead atoms. The molecule has 0 spiro atoms. The molecule has 0 radical (unpaired) electrons. The standard InChI is InChI=1S/C16H26N2O3/c1-11(2)12-6-5-8-16(19,9-7-12)14-15(21-4)18-13(20-3)10-17-14/h10-12,19H,5-9H2,1-4H3. The molecular weight excluding hydrogens is 268 g/mol. The quantitative estimate of drug-likeness (QED) is 0.865. The van der Waals surface area contributed by atoms with Gasteiger partial charge in [0.1, 0.15) is 11.3 Å². The van der Waals surface area contributed by atoms with E-state index in [0.29, 0.717) is 42.1 Å². The summed E-state index contributed by atoms with van der Waals surface area (Å²) in [6.45, 7) is 4.51. The number of hydrogen-bond acceptors (Lipinski definition) is 5. The number of rotatable bonds is 4. The highest BCUT2D eigenvalue weighted by molar-refractivity contribution is 5.28. The van der Waals surface area contributed by atoms with Gasteiger partial charge >= 0.3 is 0 Å². The van der Waals surface area contributed by atoms with Gasteiger partial charge in [-0.15, -0.1) is 0 Å². The number of nitrogens with zero attached hydrogens (tertiary/aromatic N) is 2. The van der Waals surface area contributed by atoms with E-state index in [-0.39, 0.29) is 0 Å². The Hall–Kier alpha value is -1.36. The Morgan fingerprint density at radius 3 is 2.62 bits per heavy atom. The van der Waals surface area contributed by atoms with Crippen molar-refractivity contribution >= 4 is 0 Å². The van der Waals surface area contributed by atoms with Gasteiger partial charge in [0.05, 0.1) is 20.4 Å². The van der Waals surface area contributed by atoms with E-state index in [9.17, 15) is 5.11 Å². The second-order valence-corrected chi connectivity index (χ2v) is 6.24. The molecule has 1 fully saturated rings. The molecule has 0 amide bonds. The molecule has 1 N–H and O–H groups in total. The van der Waals surface area contributed by atoms with Crippen LogP contribution in [0, 0.1) is 11.8 Å². The number of methoxy groups -OCH3 is 2. The minimum Gasteiger partial charge on any atom is -0.480 e. The maximum absolute atomic E-state index is 11.1. The third kappa shape index (κ3) is 3.46. The summed E-state index contributed by atoms with van der Waals surface area (Å²) in [6, 6.07) is 0. The van der Waals surface area contributed by atoms with E-state index in [0.717, 1.165) is 19.3 Å². The summed E-state index contributed by atoms with van der Waals surface area (Å²) in [5.74, 6) is 2.07. The number of aliphatic hydroxyl groups is 1. The Bertz CT molecular complexity index is 479. The Morgan fingerprint density at radius 1 is 1.24 bits per heavy atom. The van der Waals surface area contributed by atoms with Gasteiger partial charge in [0, 0.05) is 0 Å². The lowest BCUT2D eigenvalue weighted by molar-refractivity contribution is 0.0117. The maximum atomic E-state index is 11.1. The van der Waals surface area contributed by atoms with Crippen LogP contribution >= 0.6 is 0 Å². The lowest BCUT2D eigenvalue weighted by atomic mass is 9.87. The van der Waals surface area contributed by atoms with Crippen molar-refractivity contribution in [3.63, 3.8) is 0 Å². The van der Waals surface area contributed by atoms with E-state index in [4.69, 9.17) is 9.47 Å². The number of aromatic nitrogens is 2. The monoisotopic (exact) mass is 294 g/mol. The summed E-state index contributed by atoms with van der Waals surface area (Å²) >= 11 is 0. The normalized spacial score (nSPS) is 26.5. The first kappa shape index (κ1) is 16.0. The molecule has 2 rings (SSSR count). The summed E-state index contributed by atoms with van der Waals surface area (Å²) in [4.78, 5) is 8.61. The summed E-state index contributed by atoms with van der Waals surface area (Å²) in [5.41, 5.74) is -0.413. The van der Waals surface area contributed by atoms with Crippen LogP contribution in [0.25, 0.3) is 0 Å². The maximum Gasteiger partial charge on any atom is 0.241 e. The Balaban J connectivity index is 2.27. The van der Waals surface area contributed by atoms with Gasteiger partial charge in [-0.25, -0.2) is 4.98 Å². The van der Waals surface area contributed by atoms with Crippen molar-refractivity contribution in [3.05, 3.63) is 11.9 Å². The number of hydrogen-bond donors (Lipinski definition) is 1. The van der Waals surface area contributed by atoms with Crippen molar-refractivity contribution in [2.24, 2.45) is 11.8 Å². The average molecular weight is 294 g/mol. The van der Waals surface area contributed by atoms with Gasteiger partial charge in [-0.1, -0.05) is 20.3 Å². The van der Waals surface area contributed by atoms with Gasteiger partial charge in [0.15, 0.2) is 0 Å². The van der Waals surface area contributed by atoms with Crippen LogP contribution in [0.1, 0.15) is 51.6 Å². The average Bonchev–Trinajstić information content (AvgIpc) is 2.69. The molecule has 0 aromatic carbocycles. The largest absolute Gasteiger partial charge is 0.480 e. The van der Waals surface area contributed by atoms with Crippen LogP contribution in [0.3, 0.4) is 0 Å². The molecule has 118 valence electrons. The predicted molar refractivity (Wildman–Crippen MR) is 80.4 cm³/mol. The van der Waals surface area contributed by atoms with Crippen molar-refractivity contribution < 1.29 is 14.6 Å². The molecule has 2 atom stereocenters. The lowest BCUT2D eigenvalue weighted by Crippen LogP contribution is -2.27. The fourth-order valence-electron chi connectivity index (χ4n) is 3.17.